The van der Waals surface area contributed by atoms with E-state index in [1.165, 1.54) is 5.57 Å². The first-order chi connectivity index (χ1) is 15.2. The molecular formula is C29H50O4. The van der Waals surface area contributed by atoms with Gasteiger partial charge in [0, 0.05) is 11.8 Å². The first kappa shape index (κ1) is 25.7. The van der Waals surface area contributed by atoms with E-state index in [9.17, 15) is 20.4 Å². The molecule has 33 heavy (non-hydrogen) atoms. The molecule has 4 rings (SSSR count). The Labute approximate surface area is 201 Å². The molecule has 0 bridgehead atoms. The van der Waals surface area contributed by atoms with Crippen LogP contribution in [0, 0.1) is 46.3 Å². The number of aliphatic hydroxyl groups excluding tert-OH is 2. The maximum Gasteiger partial charge on any atom is 0.0985 e. The first-order valence-electron chi connectivity index (χ1n) is 13.7. The van der Waals surface area contributed by atoms with Crippen LogP contribution in [-0.4, -0.2) is 43.8 Å². The maximum absolute atomic E-state index is 11.8. The highest BCUT2D eigenvalue weighted by Gasteiger charge is 2.67. The predicted octanol–water partition coefficient (Wildman–Crippen LogP) is 5.08. The molecule has 0 aromatic rings. The fourth-order valence-electron chi connectivity index (χ4n) is 9.24. The zero-order valence-electron chi connectivity index (χ0n) is 22.1. The molecule has 4 heteroatoms. The number of hydrogen-bond acceptors (Lipinski definition) is 4. The van der Waals surface area contributed by atoms with E-state index in [2.05, 4.69) is 47.6 Å². The van der Waals surface area contributed by atoms with Crippen LogP contribution in [0.25, 0.3) is 0 Å². The Balaban J connectivity index is 1.58. The maximum atomic E-state index is 11.8. The number of rotatable bonds is 5. The van der Waals surface area contributed by atoms with Crippen LogP contribution in [0.1, 0.15) is 99.8 Å². The lowest BCUT2D eigenvalue weighted by molar-refractivity contribution is -0.263. The van der Waals surface area contributed by atoms with Crippen LogP contribution < -0.4 is 0 Å². The minimum Gasteiger partial charge on any atom is -0.393 e. The summed E-state index contributed by atoms with van der Waals surface area (Å²) in [5.74, 6) is 2.71. The van der Waals surface area contributed by atoms with Crippen LogP contribution in [0.2, 0.25) is 0 Å². The van der Waals surface area contributed by atoms with Gasteiger partial charge in [0.25, 0.3) is 0 Å². The smallest absolute Gasteiger partial charge is 0.0985 e. The summed E-state index contributed by atoms with van der Waals surface area (Å²) in [4.78, 5) is 0. The summed E-state index contributed by atoms with van der Waals surface area (Å²) in [7, 11) is 0. The van der Waals surface area contributed by atoms with Gasteiger partial charge in [0.2, 0.25) is 0 Å². The third-order valence-electron chi connectivity index (χ3n) is 11.7. The van der Waals surface area contributed by atoms with E-state index in [0.29, 0.717) is 54.8 Å². The number of hydrogen-bond donors (Lipinski definition) is 4. The Morgan fingerprint density at radius 2 is 1.73 bits per heavy atom. The summed E-state index contributed by atoms with van der Waals surface area (Å²) in [6.07, 6.45) is 7.19. The third kappa shape index (κ3) is 3.77. The summed E-state index contributed by atoms with van der Waals surface area (Å²) < 4.78 is 0. The van der Waals surface area contributed by atoms with Gasteiger partial charge in [-0.3, -0.25) is 0 Å². The quantitative estimate of drug-likeness (QED) is 0.430. The topological polar surface area (TPSA) is 80.9 Å². The van der Waals surface area contributed by atoms with Gasteiger partial charge in [-0.05, 0) is 98.4 Å². The Kier molecular flexibility index (Phi) is 6.47. The molecule has 4 aliphatic rings. The molecule has 4 nitrogen and oxygen atoms in total. The van der Waals surface area contributed by atoms with Gasteiger partial charge in [0.15, 0.2) is 0 Å². The van der Waals surface area contributed by atoms with Gasteiger partial charge >= 0.3 is 0 Å². The highest BCUT2D eigenvalue weighted by atomic mass is 16.3. The Morgan fingerprint density at radius 3 is 2.36 bits per heavy atom. The molecule has 0 aromatic carbocycles. The van der Waals surface area contributed by atoms with E-state index < -0.39 is 23.4 Å². The Hall–Kier alpha value is -0.420. The summed E-state index contributed by atoms with van der Waals surface area (Å²) >= 11 is 0. The lowest BCUT2D eigenvalue weighted by atomic mass is 9.42. The fraction of sp³-hybridized carbons (Fsp3) is 0.931. The molecule has 3 fully saturated rings. The molecule has 0 heterocycles. The number of aliphatic hydroxyl groups is 4. The number of fused-ring (bicyclic) bond motifs is 5. The lowest BCUT2D eigenvalue weighted by Gasteiger charge is -2.65. The van der Waals surface area contributed by atoms with Crippen LogP contribution in [0.4, 0.5) is 0 Å². The lowest BCUT2D eigenvalue weighted by Crippen LogP contribution is -2.68. The van der Waals surface area contributed by atoms with Gasteiger partial charge in [0.05, 0.1) is 23.4 Å². The molecule has 0 saturated heterocycles. The minimum absolute atomic E-state index is 0.0504. The van der Waals surface area contributed by atoms with E-state index >= 15 is 0 Å². The Morgan fingerprint density at radius 1 is 1.06 bits per heavy atom. The van der Waals surface area contributed by atoms with Gasteiger partial charge in [-0.2, -0.15) is 0 Å². The van der Waals surface area contributed by atoms with Crippen LogP contribution in [0.5, 0.6) is 0 Å². The van der Waals surface area contributed by atoms with Crippen LogP contribution >= 0.6 is 0 Å². The molecule has 0 aliphatic heterocycles. The van der Waals surface area contributed by atoms with Gasteiger partial charge in [-0.15, -0.1) is 0 Å². The second kappa shape index (κ2) is 8.32. The second-order valence-electron chi connectivity index (χ2n) is 13.7. The van der Waals surface area contributed by atoms with Crippen molar-refractivity contribution in [1.29, 1.82) is 0 Å². The van der Waals surface area contributed by atoms with E-state index in [0.717, 1.165) is 32.1 Å². The zero-order chi connectivity index (χ0) is 24.6. The minimum atomic E-state index is -1.19. The zero-order valence-corrected chi connectivity index (χ0v) is 22.1. The summed E-state index contributed by atoms with van der Waals surface area (Å²) in [5, 5.41) is 45.0. The van der Waals surface area contributed by atoms with E-state index in [4.69, 9.17) is 0 Å². The van der Waals surface area contributed by atoms with Gasteiger partial charge < -0.3 is 20.4 Å². The van der Waals surface area contributed by atoms with E-state index in [-0.39, 0.29) is 10.8 Å². The molecule has 0 aromatic heterocycles. The first-order valence-corrected chi connectivity index (χ1v) is 13.7. The highest BCUT2D eigenvalue weighted by molar-refractivity contribution is 5.33. The van der Waals surface area contributed by atoms with Gasteiger partial charge in [0.1, 0.15) is 0 Å². The van der Waals surface area contributed by atoms with Crippen molar-refractivity contribution >= 4 is 0 Å². The molecule has 4 aliphatic carbocycles. The molecule has 0 spiro atoms. The monoisotopic (exact) mass is 462 g/mol. The summed E-state index contributed by atoms with van der Waals surface area (Å²) in [5.41, 5.74) is -1.19. The SMILES string of the molecule is CC(C)[C@@H](C)[C@H](C)C[C@@](C)(O)C1=CC[C@H]2[C@@H]3C[C@@H](O)[C@@]4(O)C[C@@H](O)CC[C@]4(C)[C@H]3CC[C@]12C. The van der Waals surface area contributed by atoms with Gasteiger partial charge in [-0.1, -0.05) is 47.6 Å². The van der Waals surface area contributed by atoms with E-state index in [1.54, 1.807) is 0 Å². The van der Waals surface area contributed by atoms with Crippen molar-refractivity contribution in [2.75, 3.05) is 0 Å². The molecular weight excluding hydrogens is 412 g/mol. The number of allylic oxidation sites excluding steroid dienone is 1. The molecule has 0 unspecified atom stereocenters. The average Bonchev–Trinajstić information content (AvgIpc) is 3.08. The molecule has 0 amide bonds. The standard InChI is InChI=1S/C29H50O4/c1-17(2)19(4)18(3)15-28(7,32)24-9-8-22-21-14-25(31)29(33)16-20(30)10-13-27(29,6)23(21)11-12-26(22,24)5/h9,17-23,25,30-33H,8,10-16H2,1-7H3/t18-,19-,20+,21+,22+,23+,25-,26+,27-,28-,29+/m1/s1. The van der Waals surface area contributed by atoms with Crippen molar-refractivity contribution in [2.45, 2.75) is 123 Å². The van der Waals surface area contributed by atoms with Gasteiger partial charge in [-0.25, -0.2) is 0 Å². The fourth-order valence-corrected chi connectivity index (χ4v) is 9.24. The summed E-state index contributed by atoms with van der Waals surface area (Å²) in [6, 6.07) is 0. The summed E-state index contributed by atoms with van der Waals surface area (Å²) in [6.45, 7) is 15.7. The molecule has 4 N–H and O–H groups in total. The van der Waals surface area contributed by atoms with Crippen molar-refractivity contribution in [3.05, 3.63) is 11.6 Å². The van der Waals surface area contributed by atoms with Crippen LogP contribution in [0.15, 0.2) is 11.6 Å². The van der Waals surface area contributed by atoms with Crippen molar-refractivity contribution in [1.82, 2.24) is 0 Å². The van der Waals surface area contributed by atoms with Crippen molar-refractivity contribution in [3.8, 4) is 0 Å². The van der Waals surface area contributed by atoms with Crippen LogP contribution in [-0.2, 0) is 0 Å². The van der Waals surface area contributed by atoms with E-state index in [1.807, 2.05) is 6.92 Å². The second-order valence-corrected chi connectivity index (χ2v) is 13.7. The van der Waals surface area contributed by atoms with Crippen molar-refractivity contribution in [3.63, 3.8) is 0 Å². The predicted molar refractivity (Wildman–Crippen MR) is 132 cm³/mol. The van der Waals surface area contributed by atoms with Crippen LogP contribution in [0.3, 0.4) is 0 Å². The normalized spacial score (nSPS) is 48.8. The molecule has 11 atom stereocenters. The largest absolute Gasteiger partial charge is 0.393 e. The third-order valence-corrected chi connectivity index (χ3v) is 11.7. The molecule has 3 saturated carbocycles. The van der Waals surface area contributed by atoms with Crippen molar-refractivity contribution < 1.29 is 20.4 Å². The molecule has 0 radical (unpaired) electrons. The van der Waals surface area contributed by atoms with Crippen molar-refractivity contribution in [2.24, 2.45) is 46.3 Å². The Bertz CT molecular complexity index is 774. The average molecular weight is 463 g/mol. The molecule has 190 valence electrons. The highest BCUT2D eigenvalue weighted by Crippen LogP contribution is 2.68.